The van der Waals surface area contributed by atoms with Gasteiger partial charge < -0.3 is 16.4 Å². The fraction of sp³-hybridized carbons (Fsp3) is 0.333. The van der Waals surface area contributed by atoms with Gasteiger partial charge in [-0.15, -0.1) is 0 Å². The molecule has 3 nitrogen and oxygen atoms in total. The van der Waals surface area contributed by atoms with Crippen LogP contribution in [0.2, 0.25) is 0 Å². The van der Waals surface area contributed by atoms with Gasteiger partial charge in [0.25, 0.3) is 0 Å². The van der Waals surface area contributed by atoms with Gasteiger partial charge in [0.2, 0.25) is 0 Å². The normalized spacial score (nSPS) is 16.0. The van der Waals surface area contributed by atoms with E-state index in [1.165, 1.54) is 5.56 Å². The first-order chi connectivity index (χ1) is 5.88. The highest BCUT2D eigenvalue weighted by atomic mass is 15.0. The molecule has 0 aromatic heterocycles. The van der Waals surface area contributed by atoms with Crippen molar-refractivity contribution in [3.8, 4) is 0 Å². The van der Waals surface area contributed by atoms with Crippen LogP contribution in [0.4, 0.5) is 11.4 Å². The molecule has 3 heteroatoms. The molecule has 0 spiro atoms. The van der Waals surface area contributed by atoms with Crippen LogP contribution >= 0.6 is 0 Å². The van der Waals surface area contributed by atoms with Gasteiger partial charge in [0, 0.05) is 19.6 Å². The quantitative estimate of drug-likeness (QED) is 0.495. The first kappa shape index (κ1) is 7.43. The molecule has 1 aromatic rings. The summed E-state index contributed by atoms with van der Waals surface area (Å²) < 4.78 is 0. The van der Waals surface area contributed by atoms with Crippen LogP contribution in [0, 0.1) is 0 Å². The largest absolute Gasteiger partial charge is 0.397 e. The fourth-order valence-corrected chi connectivity index (χ4v) is 1.48. The van der Waals surface area contributed by atoms with E-state index in [9.17, 15) is 0 Å². The Morgan fingerprint density at radius 2 is 2.17 bits per heavy atom. The maximum Gasteiger partial charge on any atom is 0.0619 e. The van der Waals surface area contributed by atoms with E-state index in [1.807, 2.05) is 12.1 Å². The van der Waals surface area contributed by atoms with E-state index >= 15 is 0 Å². The van der Waals surface area contributed by atoms with Crippen molar-refractivity contribution in [2.24, 2.45) is 0 Å². The number of nitrogen functional groups attached to an aromatic ring is 1. The molecular weight excluding hydrogens is 150 g/mol. The monoisotopic (exact) mass is 163 g/mol. The van der Waals surface area contributed by atoms with Crippen LogP contribution in [-0.4, -0.2) is 13.1 Å². The van der Waals surface area contributed by atoms with E-state index in [1.54, 1.807) is 0 Å². The van der Waals surface area contributed by atoms with Crippen LogP contribution in [0.5, 0.6) is 0 Å². The molecule has 4 N–H and O–H groups in total. The summed E-state index contributed by atoms with van der Waals surface area (Å²) in [6.45, 7) is 2.85. The molecule has 64 valence electrons. The van der Waals surface area contributed by atoms with Gasteiger partial charge in [-0.05, 0) is 11.6 Å². The summed E-state index contributed by atoms with van der Waals surface area (Å²) in [5, 5.41) is 6.62. The highest BCUT2D eigenvalue weighted by Crippen LogP contribution is 2.23. The average Bonchev–Trinajstić information content (AvgIpc) is 2.30. The Morgan fingerprint density at radius 3 is 3.08 bits per heavy atom. The Balaban J connectivity index is 2.42. The Labute approximate surface area is 72.0 Å². The summed E-state index contributed by atoms with van der Waals surface area (Å²) in [5.74, 6) is 0. The van der Waals surface area contributed by atoms with Gasteiger partial charge in [-0.2, -0.15) is 0 Å². The minimum atomic E-state index is 0.844. The zero-order valence-electron chi connectivity index (χ0n) is 6.93. The standard InChI is InChI=1S/C9H13N3/c10-8-3-1-2-7-6-11-4-5-12-9(7)8/h1-3,11-12H,4-6,10H2. The molecule has 0 atom stereocenters. The predicted octanol–water partition coefficient (Wildman–Crippen LogP) is 0.784. The molecule has 1 heterocycles. The van der Waals surface area contributed by atoms with Crippen LogP contribution < -0.4 is 16.4 Å². The molecule has 0 amide bonds. The summed E-state index contributed by atoms with van der Waals surface area (Å²) >= 11 is 0. The second-order valence-electron chi connectivity index (χ2n) is 2.98. The molecule has 1 aromatic carbocycles. The predicted molar refractivity (Wildman–Crippen MR) is 51.1 cm³/mol. The molecule has 2 rings (SSSR count). The smallest absolute Gasteiger partial charge is 0.0619 e. The van der Waals surface area contributed by atoms with E-state index < -0.39 is 0 Å². The summed E-state index contributed by atoms with van der Waals surface area (Å²) in [4.78, 5) is 0. The molecule has 0 fully saturated rings. The number of fused-ring (bicyclic) bond motifs is 1. The van der Waals surface area contributed by atoms with E-state index in [2.05, 4.69) is 16.7 Å². The molecule has 0 bridgehead atoms. The van der Waals surface area contributed by atoms with Crippen molar-refractivity contribution in [2.75, 3.05) is 24.1 Å². The van der Waals surface area contributed by atoms with Gasteiger partial charge in [0.1, 0.15) is 0 Å². The van der Waals surface area contributed by atoms with Crippen molar-refractivity contribution in [2.45, 2.75) is 6.54 Å². The fourth-order valence-electron chi connectivity index (χ4n) is 1.48. The second kappa shape index (κ2) is 3.03. The highest BCUT2D eigenvalue weighted by molar-refractivity contribution is 5.70. The molecule has 0 unspecified atom stereocenters. The maximum atomic E-state index is 5.82. The Hall–Kier alpha value is -1.22. The van der Waals surface area contributed by atoms with Gasteiger partial charge in [0.05, 0.1) is 11.4 Å². The number of para-hydroxylation sites is 1. The van der Waals surface area contributed by atoms with Crippen molar-refractivity contribution >= 4 is 11.4 Å². The summed E-state index contributed by atoms with van der Waals surface area (Å²) in [7, 11) is 0. The zero-order valence-corrected chi connectivity index (χ0v) is 6.93. The van der Waals surface area contributed by atoms with Crippen LogP contribution in [0.15, 0.2) is 18.2 Å². The van der Waals surface area contributed by atoms with Gasteiger partial charge in [-0.25, -0.2) is 0 Å². The number of hydrogen-bond donors (Lipinski definition) is 3. The number of hydrogen-bond acceptors (Lipinski definition) is 3. The minimum absolute atomic E-state index is 0.844. The average molecular weight is 163 g/mol. The van der Waals surface area contributed by atoms with Gasteiger partial charge in [0.15, 0.2) is 0 Å². The van der Waals surface area contributed by atoms with Gasteiger partial charge >= 0.3 is 0 Å². The molecule has 0 saturated carbocycles. The van der Waals surface area contributed by atoms with Crippen molar-refractivity contribution in [3.05, 3.63) is 23.8 Å². The third-order valence-electron chi connectivity index (χ3n) is 2.10. The van der Waals surface area contributed by atoms with Gasteiger partial charge in [-0.3, -0.25) is 0 Å². The van der Waals surface area contributed by atoms with Crippen molar-refractivity contribution in [1.29, 1.82) is 0 Å². The lowest BCUT2D eigenvalue weighted by atomic mass is 10.1. The number of rotatable bonds is 0. The number of nitrogens with one attached hydrogen (secondary N) is 2. The third kappa shape index (κ3) is 1.23. The van der Waals surface area contributed by atoms with Gasteiger partial charge in [-0.1, -0.05) is 12.1 Å². The maximum absolute atomic E-state index is 5.82. The van der Waals surface area contributed by atoms with Crippen LogP contribution in [0.25, 0.3) is 0 Å². The first-order valence-electron chi connectivity index (χ1n) is 4.20. The van der Waals surface area contributed by atoms with Crippen molar-refractivity contribution in [1.82, 2.24) is 5.32 Å². The Morgan fingerprint density at radius 1 is 1.25 bits per heavy atom. The molecular formula is C9H13N3. The van der Waals surface area contributed by atoms with E-state index in [-0.39, 0.29) is 0 Å². The lowest BCUT2D eigenvalue weighted by Crippen LogP contribution is -2.16. The third-order valence-corrected chi connectivity index (χ3v) is 2.10. The van der Waals surface area contributed by atoms with Crippen LogP contribution in [0.3, 0.4) is 0 Å². The first-order valence-corrected chi connectivity index (χ1v) is 4.20. The number of anilines is 2. The number of nitrogens with two attached hydrogens (primary N) is 1. The van der Waals surface area contributed by atoms with Crippen molar-refractivity contribution < 1.29 is 0 Å². The molecule has 1 aliphatic rings. The Kier molecular flexibility index (Phi) is 1.87. The molecule has 12 heavy (non-hydrogen) atoms. The number of benzene rings is 1. The van der Waals surface area contributed by atoms with Crippen LogP contribution in [0.1, 0.15) is 5.56 Å². The Bertz CT molecular complexity index is 283. The SMILES string of the molecule is Nc1cccc2c1NCCNC2. The molecule has 0 saturated heterocycles. The van der Waals surface area contributed by atoms with Crippen molar-refractivity contribution in [3.63, 3.8) is 0 Å². The summed E-state index contributed by atoms with van der Waals surface area (Å²) in [6, 6.07) is 6.01. The summed E-state index contributed by atoms with van der Waals surface area (Å²) in [5.41, 5.74) is 9.02. The van der Waals surface area contributed by atoms with Crippen LogP contribution in [-0.2, 0) is 6.54 Å². The zero-order chi connectivity index (χ0) is 8.39. The summed E-state index contributed by atoms with van der Waals surface area (Å²) in [6.07, 6.45) is 0. The van der Waals surface area contributed by atoms with E-state index in [0.29, 0.717) is 0 Å². The minimum Gasteiger partial charge on any atom is -0.397 e. The van der Waals surface area contributed by atoms with E-state index in [4.69, 9.17) is 5.73 Å². The lowest BCUT2D eigenvalue weighted by Gasteiger charge is -2.09. The second-order valence-corrected chi connectivity index (χ2v) is 2.98. The molecule has 1 aliphatic heterocycles. The molecule has 0 aliphatic carbocycles. The molecule has 0 radical (unpaired) electrons. The highest BCUT2D eigenvalue weighted by Gasteiger charge is 2.07. The topological polar surface area (TPSA) is 50.1 Å². The van der Waals surface area contributed by atoms with E-state index in [0.717, 1.165) is 31.0 Å². The lowest BCUT2D eigenvalue weighted by molar-refractivity contribution is 0.725.